The van der Waals surface area contributed by atoms with Gasteiger partial charge in [-0.3, -0.25) is 14.2 Å². The molecule has 0 saturated heterocycles. The smallest absolute Gasteiger partial charge is 0.261 e. The van der Waals surface area contributed by atoms with Gasteiger partial charge in [-0.2, -0.15) is 9.97 Å². The van der Waals surface area contributed by atoms with Gasteiger partial charge in [0, 0.05) is 25.5 Å². The predicted octanol–water partition coefficient (Wildman–Crippen LogP) is 10.1. The van der Waals surface area contributed by atoms with Crippen molar-refractivity contribution in [3.05, 3.63) is 205 Å². The van der Waals surface area contributed by atoms with Crippen LogP contribution in [0.2, 0.25) is 0 Å². The average Bonchev–Trinajstić information content (AvgIpc) is 4.04. The molecule has 19 nitrogen and oxygen atoms in total. The van der Waals surface area contributed by atoms with E-state index in [0.717, 1.165) is 11.1 Å². The predicted molar refractivity (Wildman–Crippen MR) is 295 cm³/mol. The van der Waals surface area contributed by atoms with Gasteiger partial charge in [0.05, 0.1) is 48.5 Å². The minimum absolute atomic E-state index is 0.0369. The number of imidazole rings is 2. The molecule has 0 saturated carbocycles. The van der Waals surface area contributed by atoms with E-state index in [-0.39, 0.29) is 26.9 Å². The number of aromatic nitrogens is 8. The highest BCUT2D eigenvalue weighted by Gasteiger charge is 2.28. The summed E-state index contributed by atoms with van der Waals surface area (Å²) in [6.07, 6.45) is 13.3. The molecule has 2 atom stereocenters. The third-order valence-corrected chi connectivity index (χ3v) is 15.3. The number of nitrogens with one attached hydrogen (secondary N) is 2. The minimum atomic E-state index is -3.99. The molecule has 0 radical (unpaired) electrons. The summed E-state index contributed by atoms with van der Waals surface area (Å²) in [6.45, 7) is 0. The molecule has 6 aromatic carbocycles. The van der Waals surface area contributed by atoms with Crippen LogP contribution in [0.1, 0.15) is 34.1 Å². The van der Waals surface area contributed by atoms with Crippen LogP contribution in [0.4, 0.5) is 11.4 Å². The fourth-order valence-corrected chi connectivity index (χ4v) is 10.4. The zero-order valence-corrected chi connectivity index (χ0v) is 43.8. The second-order valence-electron chi connectivity index (χ2n) is 17.6. The van der Waals surface area contributed by atoms with Gasteiger partial charge in [-0.1, -0.05) is 72.8 Å². The molecule has 0 aliphatic carbocycles. The molecule has 0 amide bonds. The number of fused-ring (bicyclic) bond motifs is 2. The highest BCUT2D eigenvalue weighted by atomic mass is 32.2. The van der Waals surface area contributed by atoms with E-state index in [4.69, 9.17) is 18.9 Å². The third-order valence-electron chi connectivity index (χ3n) is 12.5. The number of sulfonamides is 2. The van der Waals surface area contributed by atoms with E-state index >= 15 is 4.79 Å². The first-order valence-corrected chi connectivity index (χ1v) is 26.9. The van der Waals surface area contributed by atoms with Crippen molar-refractivity contribution < 1.29 is 40.6 Å². The van der Waals surface area contributed by atoms with Crippen LogP contribution in [0.3, 0.4) is 0 Å². The number of carbonyl (C=O) groups excluding carboxylic acids is 1. The van der Waals surface area contributed by atoms with Gasteiger partial charge >= 0.3 is 0 Å². The SMILES string of the molecule is COc1ccc(S(=O)(=O)Nc2ccc(C(/C=C/c3ccc(Oc4ncnc5c4ncn5C)cc3)C(=O)C(/C=C/c3ccc(Oc4ncnc5c4ncn5C)cc3)c3ccc(NS(=O)(=O)c4ccc(OC)cc4)cc3)cc2)cc1. The van der Waals surface area contributed by atoms with Crippen LogP contribution < -0.4 is 28.4 Å². The van der Waals surface area contributed by atoms with Gasteiger partial charge < -0.3 is 28.1 Å². The topological polar surface area (TPSA) is 234 Å². The summed E-state index contributed by atoms with van der Waals surface area (Å²) in [5, 5.41) is 0. The van der Waals surface area contributed by atoms with E-state index in [1.54, 1.807) is 131 Å². The first-order valence-electron chi connectivity index (χ1n) is 24.0. The molecule has 0 fully saturated rings. The number of methoxy groups -OCH3 is 2. The zero-order valence-electron chi connectivity index (χ0n) is 42.2. The Labute approximate surface area is 448 Å². The molecule has 2 unspecified atom stereocenters. The Hall–Kier alpha value is -9.73. The number of ether oxygens (including phenoxy) is 4. The van der Waals surface area contributed by atoms with Crippen molar-refractivity contribution in [1.29, 1.82) is 0 Å². The van der Waals surface area contributed by atoms with Gasteiger partial charge in [0.15, 0.2) is 28.1 Å². The lowest BCUT2D eigenvalue weighted by molar-refractivity contribution is -0.120. The lowest BCUT2D eigenvalue weighted by Gasteiger charge is -2.20. The van der Waals surface area contributed by atoms with Crippen LogP contribution in [0.15, 0.2) is 193 Å². The highest BCUT2D eigenvalue weighted by molar-refractivity contribution is 7.93. The first kappa shape index (κ1) is 51.7. The minimum Gasteiger partial charge on any atom is -0.497 e. The summed E-state index contributed by atoms with van der Waals surface area (Å²) in [4.78, 5) is 41.5. The molecular weight excluding hydrogens is 1030 g/mol. The Morgan fingerprint density at radius 2 is 0.833 bits per heavy atom. The van der Waals surface area contributed by atoms with E-state index in [1.165, 1.54) is 51.1 Å². The van der Waals surface area contributed by atoms with Crippen LogP contribution in [-0.4, -0.2) is 75.9 Å². The van der Waals surface area contributed by atoms with Crippen molar-refractivity contribution in [2.75, 3.05) is 23.7 Å². The number of anilines is 2. The van der Waals surface area contributed by atoms with Crippen LogP contribution in [0.25, 0.3) is 34.5 Å². The fraction of sp³-hybridized carbons (Fsp3) is 0.105. The molecule has 10 rings (SSSR count). The molecule has 392 valence electrons. The van der Waals surface area contributed by atoms with E-state index < -0.39 is 31.9 Å². The van der Waals surface area contributed by atoms with Gasteiger partial charge in [0.1, 0.15) is 35.7 Å². The van der Waals surface area contributed by atoms with Crippen LogP contribution in [0.5, 0.6) is 34.8 Å². The van der Waals surface area contributed by atoms with Crippen LogP contribution in [-0.2, 0) is 38.9 Å². The number of aryl methyl sites for hydroxylation is 2. The van der Waals surface area contributed by atoms with Crippen molar-refractivity contribution in [3.63, 3.8) is 0 Å². The second kappa shape index (κ2) is 22.2. The van der Waals surface area contributed by atoms with Crippen molar-refractivity contribution in [2.45, 2.75) is 21.6 Å². The zero-order chi connectivity index (χ0) is 54.4. The molecule has 10 aromatic rings. The number of hydrogen-bond donors (Lipinski definition) is 2. The Balaban J connectivity index is 0.977. The maximum absolute atomic E-state index is 15.5. The van der Waals surface area contributed by atoms with Crippen molar-refractivity contribution in [2.24, 2.45) is 14.1 Å². The Kier molecular flexibility index (Phi) is 14.7. The summed E-state index contributed by atoms with van der Waals surface area (Å²) in [7, 11) is -1.34. The summed E-state index contributed by atoms with van der Waals surface area (Å²) < 4.78 is 85.2. The Morgan fingerprint density at radius 3 is 1.19 bits per heavy atom. The number of carbonyl (C=O) groups is 1. The van der Waals surface area contributed by atoms with Crippen molar-refractivity contribution >= 4 is 71.7 Å². The molecule has 0 aliphatic heterocycles. The molecule has 78 heavy (non-hydrogen) atoms. The van der Waals surface area contributed by atoms with Crippen molar-refractivity contribution in [1.82, 2.24) is 39.0 Å². The number of benzene rings is 6. The van der Waals surface area contributed by atoms with E-state index in [2.05, 4.69) is 39.3 Å². The summed E-state index contributed by atoms with van der Waals surface area (Å²) in [5.41, 5.74) is 5.39. The maximum Gasteiger partial charge on any atom is 0.261 e. The third kappa shape index (κ3) is 11.6. The second-order valence-corrected chi connectivity index (χ2v) is 21.0. The molecule has 0 aliphatic rings. The number of Topliss-reactive ketones (excluding diaryl/α,β-unsaturated/α-hetero) is 1. The molecule has 4 aromatic heterocycles. The van der Waals surface area contributed by atoms with Gasteiger partial charge in [-0.25, -0.2) is 36.8 Å². The van der Waals surface area contributed by atoms with Gasteiger partial charge in [-0.15, -0.1) is 0 Å². The molecule has 0 spiro atoms. The number of ketones is 1. The highest BCUT2D eigenvalue weighted by Crippen LogP contribution is 2.34. The molecule has 21 heteroatoms. The van der Waals surface area contributed by atoms with Gasteiger partial charge in [-0.05, 0) is 119 Å². The maximum atomic E-state index is 15.5. The van der Waals surface area contributed by atoms with Crippen molar-refractivity contribution in [3.8, 4) is 34.8 Å². The van der Waals surface area contributed by atoms with E-state index in [9.17, 15) is 16.8 Å². The Bertz CT molecular complexity index is 3800. The first-order chi connectivity index (χ1) is 37.7. The monoisotopic (exact) mass is 1080 g/mol. The average molecular weight is 1080 g/mol. The lowest BCUT2D eigenvalue weighted by Crippen LogP contribution is -2.19. The van der Waals surface area contributed by atoms with Gasteiger partial charge in [0.2, 0.25) is 0 Å². The number of rotatable bonds is 20. The van der Waals surface area contributed by atoms with Crippen LogP contribution >= 0.6 is 0 Å². The molecular formula is C57H48N10O9S2. The normalized spacial score (nSPS) is 12.7. The number of allylic oxidation sites excluding steroid dienone is 2. The van der Waals surface area contributed by atoms with E-state index in [1.807, 2.05) is 50.5 Å². The largest absolute Gasteiger partial charge is 0.497 e. The standard InChI is InChI=1S/C57H48N10O9S2/c1-66-35-62-51-54(66)58-33-60-56(51)75-45-19-5-37(6-20-45)9-31-49(39-11-15-41(16-12-39)64-77(69,70)47-27-23-43(73-3)24-28-47)53(68)50(40-13-17-42(18-14-40)65-78(71,72)48-29-25-44(74-4)26-30-48)32-10-38-7-21-46(22-8-38)76-57-52-55(59-34-61-57)67(2)36-63-52/h5-36,49-50,64-65H,1-4H3/b31-9+,32-10+. The number of nitrogens with zero attached hydrogens (tertiary/aromatic N) is 8. The quantitative estimate of drug-likeness (QED) is 0.0723. The fourth-order valence-electron chi connectivity index (χ4n) is 8.32. The Morgan fingerprint density at radius 1 is 0.474 bits per heavy atom. The number of hydrogen-bond acceptors (Lipinski definition) is 15. The molecule has 2 N–H and O–H groups in total. The lowest BCUT2D eigenvalue weighted by atomic mass is 9.82. The molecule has 4 heterocycles. The molecule has 0 bridgehead atoms. The van der Waals surface area contributed by atoms with Crippen LogP contribution in [0, 0.1) is 0 Å². The summed E-state index contributed by atoms with van der Waals surface area (Å²) in [5.74, 6) is 0.511. The summed E-state index contributed by atoms with van der Waals surface area (Å²) in [6, 6.07) is 39.6. The van der Waals surface area contributed by atoms with Gasteiger partial charge in [0.25, 0.3) is 31.8 Å². The summed E-state index contributed by atoms with van der Waals surface area (Å²) >= 11 is 0. The van der Waals surface area contributed by atoms with E-state index in [0.29, 0.717) is 68.2 Å².